The Kier molecular flexibility index (Phi) is 6.74. The van der Waals surface area contributed by atoms with Crippen LogP contribution in [0.4, 0.5) is 11.4 Å². The molecule has 0 fully saturated rings. The average molecular weight is 483 g/mol. The molecular formula is C23H19ClN4O2S2. The summed E-state index contributed by atoms with van der Waals surface area (Å²) in [7, 11) is 0. The van der Waals surface area contributed by atoms with Crippen LogP contribution < -0.4 is 10.6 Å². The second kappa shape index (κ2) is 9.68. The Morgan fingerprint density at radius 2 is 1.66 bits per heavy atom. The van der Waals surface area contributed by atoms with Crippen LogP contribution in [-0.4, -0.2) is 27.0 Å². The first-order valence-electron chi connectivity index (χ1n) is 9.74. The van der Waals surface area contributed by atoms with Crippen molar-refractivity contribution < 1.29 is 9.59 Å². The fourth-order valence-corrected chi connectivity index (χ4v) is 5.12. The van der Waals surface area contributed by atoms with E-state index in [0.29, 0.717) is 16.4 Å². The van der Waals surface area contributed by atoms with Crippen molar-refractivity contribution in [1.29, 1.82) is 0 Å². The number of rotatable bonds is 6. The highest BCUT2D eigenvalue weighted by Gasteiger charge is 2.20. The summed E-state index contributed by atoms with van der Waals surface area (Å²) in [6.07, 6.45) is 1.53. The summed E-state index contributed by atoms with van der Waals surface area (Å²) in [6.45, 7) is 3.29. The van der Waals surface area contributed by atoms with Crippen molar-refractivity contribution in [2.24, 2.45) is 0 Å². The molecule has 0 aliphatic heterocycles. The van der Waals surface area contributed by atoms with Gasteiger partial charge in [0, 0.05) is 34.3 Å². The van der Waals surface area contributed by atoms with Crippen LogP contribution in [0.25, 0.3) is 21.3 Å². The quantitative estimate of drug-likeness (QED) is 0.256. The second-order valence-electron chi connectivity index (χ2n) is 7.02. The smallest absolute Gasteiger partial charge is 0.237 e. The van der Waals surface area contributed by atoms with Gasteiger partial charge in [-0.2, -0.15) is 0 Å². The van der Waals surface area contributed by atoms with Crippen LogP contribution in [0.5, 0.6) is 0 Å². The Balaban J connectivity index is 1.52. The van der Waals surface area contributed by atoms with Crippen molar-refractivity contribution >= 4 is 68.1 Å². The van der Waals surface area contributed by atoms with Crippen LogP contribution in [0.3, 0.4) is 0 Å². The summed E-state index contributed by atoms with van der Waals surface area (Å²) >= 11 is 8.97. The molecule has 0 bridgehead atoms. The van der Waals surface area contributed by atoms with Gasteiger partial charge in [-0.05, 0) is 48.9 Å². The van der Waals surface area contributed by atoms with Crippen molar-refractivity contribution in [3.05, 3.63) is 65.3 Å². The lowest BCUT2D eigenvalue weighted by atomic mass is 10.1. The molecule has 0 spiro atoms. The van der Waals surface area contributed by atoms with Gasteiger partial charge in [-0.1, -0.05) is 35.5 Å². The first kappa shape index (κ1) is 22.3. The summed E-state index contributed by atoms with van der Waals surface area (Å²) in [5, 5.41) is 9.64. The SMILES string of the molecule is CC(=O)Nc1ccc(NC(=O)C(C)Sc2ncnc3scc(-c4ccc(Cl)cc4)c23)cc1. The van der Waals surface area contributed by atoms with E-state index in [0.717, 1.165) is 26.4 Å². The highest BCUT2D eigenvalue weighted by molar-refractivity contribution is 8.00. The first-order chi connectivity index (χ1) is 15.4. The second-order valence-corrected chi connectivity index (χ2v) is 9.65. The minimum Gasteiger partial charge on any atom is -0.326 e. The summed E-state index contributed by atoms with van der Waals surface area (Å²) in [4.78, 5) is 33.7. The predicted octanol–water partition coefficient (Wildman–Crippen LogP) is 6.09. The largest absolute Gasteiger partial charge is 0.326 e. The molecule has 4 aromatic rings. The van der Waals surface area contributed by atoms with E-state index in [1.54, 1.807) is 35.6 Å². The molecule has 2 amide bonds. The molecule has 6 nitrogen and oxygen atoms in total. The number of anilines is 2. The standard InChI is InChI=1S/C23H19ClN4O2S2/c1-13(21(30)28-18-9-7-17(8-10-18)27-14(2)29)32-23-20-19(11-31-22(20)25-12-26-23)15-3-5-16(24)6-4-15/h3-13H,1-2H3,(H,27,29)(H,28,30). The van der Waals surface area contributed by atoms with E-state index in [-0.39, 0.29) is 17.1 Å². The van der Waals surface area contributed by atoms with Gasteiger partial charge in [0.2, 0.25) is 11.8 Å². The number of thioether (sulfide) groups is 1. The summed E-state index contributed by atoms with van der Waals surface area (Å²) in [5.74, 6) is -0.285. The fourth-order valence-electron chi connectivity index (χ4n) is 3.08. The third-order valence-electron chi connectivity index (χ3n) is 4.62. The van der Waals surface area contributed by atoms with Crippen molar-refractivity contribution in [2.45, 2.75) is 24.1 Å². The Morgan fingerprint density at radius 1 is 1.00 bits per heavy atom. The third-order valence-corrected chi connectivity index (χ3v) is 6.86. The number of carbonyl (C=O) groups is 2. The third kappa shape index (κ3) is 5.09. The molecule has 4 rings (SSSR count). The van der Waals surface area contributed by atoms with Crippen LogP contribution >= 0.6 is 34.7 Å². The highest BCUT2D eigenvalue weighted by Crippen LogP contribution is 2.39. The molecule has 0 aliphatic rings. The van der Waals surface area contributed by atoms with Gasteiger partial charge in [-0.15, -0.1) is 11.3 Å². The molecule has 0 radical (unpaired) electrons. The zero-order chi connectivity index (χ0) is 22.7. The van der Waals surface area contributed by atoms with Crippen LogP contribution in [0, 0.1) is 0 Å². The van der Waals surface area contributed by atoms with E-state index in [1.807, 2.05) is 36.6 Å². The van der Waals surface area contributed by atoms with E-state index < -0.39 is 0 Å². The molecule has 0 saturated carbocycles. The van der Waals surface area contributed by atoms with E-state index in [4.69, 9.17) is 11.6 Å². The minimum atomic E-state index is -0.388. The van der Waals surface area contributed by atoms with Gasteiger partial charge >= 0.3 is 0 Å². The molecule has 1 unspecified atom stereocenters. The fraction of sp³-hybridized carbons (Fsp3) is 0.130. The summed E-state index contributed by atoms with van der Waals surface area (Å²) in [6, 6.07) is 14.6. The number of benzene rings is 2. The number of thiophene rings is 1. The Labute approximate surface area is 198 Å². The maximum atomic E-state index is 12.8. The van der Waals surface area contributed by atoms with Gasteiger partial charge < -0.3 is 10.6 Å². The number of aromatic nitrogens is 2. The number of hydrogen-bond donors (Lipinski definition) is 2. The van der Waals surface area contributed by atoms with Gasteiger partial charge in [0.15, 0.2) is 0 Å². The Morgan fingerprint density at radius 3 is 2.31 bits per heavy atom. The number of carbonyl (C=O) groups excluding carboxylic acids is 2. The molecular weight excluding hydrogens is 464 g/mol. The zero-order valence-electron chi connectivity index (χ0n) is 17.3. The number of hydrogen-bond acceptors (Lipinski definition) is 6. The minimum absolute atomic E-state index is 0.141. The Bertz CT molecular complexity index is 1270. The normalized spacial score (nSPS) is 11.8. The van der Waals surface area contributed by atoms with Crippen molar-refractivity contribution in [3.63, 3.8) is 0 Å². The van der Waals surface area contributed by atoms with Crippen molar-refractivity contribution in [3.8, 4) is 11.1 Å². The maximum Gasteiger partial charge on any atom is 0.237 e. The van der Waals surface area contributed by atoms with Crippen LogP contribution in [0.2, 0.25) is 5.02 Å². The number of nitrogens with one attached hydrogen (secondary N) is 2. The van der Waals surface area contributed by atoms with Crippen LogP contribution in [0.1, 0.15) is 13.8 Å². The maximum absolute atomic E-state index is 12.8. The number of amides is 2. The summed E-state index contributed by atoms with van der Waals surface area (Å²) in [5.41, 5.74) is 3.37. The van der Waals surface area contributed by atoms with Gasteiger partial charge in [-0.25, -0.2) is 9.97 Å². The average Bonchev–Trinajstić information content (AvgIpc) is 3.20. The molecule has 2 aromatic carbocycles. The molecule has 2 heterocycles. The van der Waals surface area contributed by atoms with Crippen molar-refractivity contribution in [1.82, 2.24) is 9.97 Å². The van der Waals surface area contributed by atoms with E-state index in [9.17, 15) is 9.59 Å². The van der Waals surface area contributed by atoms with E-state index in [1.165, 1.54) is 25.0 Å². The molecule has 32 heavy (non-hydrogen) atoms. The van der Waals surface area contributed by atoms with Gasteiger partial charge in [-0.3, -0.25) is 9.59 Å². The lowest BCUT2D eigenvalue weighted by molar-refractivity contribution is -0.115. The lowest BCUT2D eigenvalue weighted by Crippen LogP contribution is -2.22. The van der Waals surface area contributed by atoms with E-state index in [2.05, 4.69) is 20.6 Å². The Hall–Kier alpha value is -2.94. The molecule has 2 aromatic heterocycles. The van der Waals surface area contributed by atoms with Gasteiger partial charge in [0.05, 0.1) is 10.6 Å². The molecule has 0 aliphatic carbocycles. The number of fused-ring (bicyclic) bond motifs is 1. The number of halogens is 1. The monoisotopic (exact) mass is 482 g/mol. The molecule has 2 N–H and O–H groups in total. The van der Waals surface area contributed by atoms with Crippen LogP contribution in [0.15, 0.2) is 65.3 Å². The zero-order valence-corrected chi connectivity index (χ0v) is 19.6. The molecule has 0 saturated heterocycles. The van der Waals surface area contributed by atoms with Crippen molar-refractivity contribution in [2.75, 3.05) is 10.6 Å². The molecule has 9 heteroatoms. The summed E-state index contributed by atoms with van der Waals surface area (Å²) < 4.78 is 0. The highest BCUT2D eigenvalue weighted by atomic mass is 35.5. The van der Waals surface area contributed by atoms with Crippen LogP contribution in [-0.2, 0) is 9.59 Å². The number of nitrogens with zero attached hydrogens (tertiary/aromatic N) is 2. The lowest BCUT2D eigenvalue weighted by Gasteiger charge is -2.13. The topological polar surface area (TPSA) is 84.0 Å². The van der Waals surface area contributed by atoms with Gasteiger partial charge in [0.25, 0.3) is 0 Å². The molecule has 1 atom stereocenters. The molecule has 162 valence electrons. The predicted molar refractivity (Wildman–Crippen MR) is 133 cm³/mol. The van der Waals surface area contributed by atoms with Gasteiger partial charge in [0.1, 0.15) is 16.2 Å². The first-order valence-corrected chi connectivity index (χ1v) is 11.9. The van der Waals surface area contributed by atoms with E-state index >= 15 is 0 Å².